The number of aromatic carboxylic acids is 1. The first-order valence-electron chi connectivity index (χ1n) is 9.24. The van der Waals surface area contributed by atoms with Gasteiger partial charge in [-0.2, -0.15) is 4.98 Å². The smallest absolute Gasteiger partial charge is 0.375 e. The fourth-order valence-electron chi connectivity index (χ4n) is 3.69. The Morgan fingerprint density at radius 3 is 2.50 bits per heavy atom. The maximum Gasteiger partial charge on any atom is 0.375 e. The van der Waals surface area contributed by atoms with Crippen molar-refractivity contribution in [1.82, 2.24) is 29.6 Å². The molecule has 0 atom stereocenters. The number of nitrogens with zero attached hydrogens (tertiary/aromatic N) is 7. The molecule has 0 spiro atoms. The number of carbonyl (C=O) groups is 2. The van der Waals surface area contributed by atoms with Crippen LogP contribution < -0.4 is 10.2 Å². The Labute approximate surface area is 161 Å². The number of rotatable bonds is 4. The van der Waals surface area contributed by atoms with Crippen LogP contribution >= 0.6 is 0 Å². The predicted molar refractivity (Wildman–Crippen MR) is 99.4 cm³/mol. The minimum atomic E-state index is -1.17. The van der Waals surface area contributed by atoms with Crippen molar-refractivity contribution in [2.75, 3.05) is 36.9 Å². The highest BCUT2D eigenvalue weighted by molar-refractivity contribution is 5.94. The van der Waals surface area contributed by atoms with Crippen molar-refractivity contribution in [1.29, 1.82) is 0 Å². The van der Waals surface area contributed by atoms with Crippen molar-refractivity contribution >= 4 is 23.8 Å². The summed E-state index contributed by atoms with van der Waals surface area (Å²) in [5.41, 5.74) is 2.00. The molecule has 1 saturated heterocycles. The van der Waals surface area contributed by atoms with Gasteiger partial charge < -0.3 is 20.2 Å². The Bertz CT molecular complexity index is 935. The molecule has 0 saturated carbocycles. The highest BCUT2D eigenvalue weighted by Crippen LogP contribution is 2.26. The summed E-state index contributed by atoms with van der Waals surface area (Å²) in [5.74, 6) is -0.634. The molecule has 148 valence electrons. The van der Waals surface area contributed by atoms with Crippen LogP contribution in [0.15, 0.2) is 0 Å². The third kappa shape index (κ3) is 3.12. The van der Waals surface area contributed by atoms with E-state index in [1.807, 2.05) is 9.80 Å². The minimum Gasteiger partial charge on any atom is -0.475 e. The maximum atomic E-state index is 13.1. The van der Waals surface area contributed by atoms with Crippen molar-refractivity contribution in [2.45, 2.75) is 25.8 Å². The Balaban J connectivity index is 1.70. The number of aromatic nitrogens is 5. The van der Waals surface area contributed by atoms with E-state index in [1.165, 1.54) is 4.68 Å². The number of carboxylic acids is 1. The number of hydrogen-bond donors (Lipinski definition) is 2. The van der Waals surface area contributed by atoms with Crippen LogP contribution in [-0.4, -0.2) is 73.3 Å². The highest BCUT2D eigenvalue weighted by Gasteiger charge is 2.31. The number of carboxylic acid groups (broad SMARTS) is 1. The first kappa shape index (κ1) is 18.1. The lowest BCUT2D eigenvalue weighted by molar-refractivity contribution is 0.0682. The van der Waals surface area contributed by atoms with Crippen LogP contribution in [-0.2, 0) is 20.0 Å². The van der Waals surface area contributed by atoms with Crippen LogP contribution in [0.2, 0.25) is 0 Å². The summed E-state index contributed by atoms with van der Waals surface area (Å²) in [6.07, 6.45) is 2.60. The topological polar surface area (TPSA) is 129 Å². The number of likely N-dealkylation sites (tertiary alicyclic amines) is 1. The summed E-state index contributed by atoms with van der Waals surface area (Å²) in [5, 5.41) is 16.0. The average molecular weight is 386 g/mol. The van der Waals surface area contributed by atoms with E-state index in [1.54, 1.807) is 14.1 Å². The van der Waals surface area contributed by atoms with Gasteiger partial charge in [0.05, 0.1) is 5.69 Å². The van der Waals surface area contributed by atoms with Gasteiger partial charge in [-0.05, 0) is 12.8 Å². The molecule has 2 aromatic rings. The molecule has 2 N–H and O–H groups in total. The zero-order valence-electron chi connectivity index (χ0n) is 15.8. The third-order valence-corrected chi connectivity index (χ3v) is 5.09. The first-order chi connectivity index (χ1) is 13.5. The number of nitrogens with one attached hydrogen (secondary N) is 1. The molecule has 0 bridgehead atoms. The lowest BCUT2D eigenvalue weighted by atomic mass is 10.0. The molecule has 4 rings (SSSR count). The lowest BCUT2D eigenvalue weighted by Crippen LogP contribution is -2.37. The summed E-state index contributed by atoms with van der Waals surface area (Å²) in [6, 6.07) is 0. The standard InChI is InChI=1S/C17H22N8O3/c1-18-16-19-11-5-8-25(17-21-13(15(27)28)22-23(17)2)9-10(11)12(20-16)14(26)24-6-3-4-7-24/h3-9H2,1-2H3,(H,27,28)(H,18,19,20). The molecule has 11 nitrogen and oxygen atoms in total. The zero-order chi connectivity index (χ0) is 19.8. The van der Waals surface area contributed by atoms with Crippen molar-refractivity contribution in [3.63, 3.8) is 0 Å². The minimum absolute atomic E-state index is 0.0845. The van der Waals surface area contributed by atoms with Gasteiger partial charge in [0.1, 0.15) is 5.69 Å². The van der Waals surface area contributed by atoms with Gasteiger partial charge in [-0.1, -0.05) is 0 Å². The highest BCUT2D eigenvalue weighted by atomic mass is 16.4. The number of carbonyl (C=O) groups excluding carboxylic acids is 1. The van der Waals surface area contributed by atoms with Crippen LogP contribution in [0.4, 0.5) is 11.9 Å². The molecular formula is C17H22N8O3. The number of fused-ring (bicyclic) bond motifs is 1. The van der Waals surface area contributed by atoms with E-state index in [9.17, 15) is 9.59 Å². The Kier molecular flexibility index (Phi) is 4.57. The molecule has 0 aliphatic carbocycles. The van der Waals surface area contributed by atoms with Crippen molar-refractivity contribution in [3.8, 4) is 0 Å². The summed E-state index contributed by atoms with van der Waals surface area (Å²) in [6.45, 7) is 2.44. The molecule has 28 heavy (non-hydrogen) atoms. The van der Waals surface area contributed by atoms with E-state index in [-0.39, 0.29) is 11.7 Å². The fourth-order valence-corrected chi connectivity index (χ4v) is 3.69. The van der Waals surface area contributed by atoms with Gasteiger partial charge >= 0.3 is 5.97 Å². The van der Waals surface area contributed by atoms with Gasteiger partial charge in [0.2, 0.25) is 11.9 Å². The monoisotopic (exact) mass is 386 g/mol. The van der Waals surface area contributed by atoms with Gasteiger partial charge in [0, 0.05) is 52.3 Å². The van der Waals surface area contributed by atoms with E-state index in [0.717, 1.165) is 37.2 Å². The zero-order valence-corrected chi connectivity index (χ0v) is 15.8. The maximum absolute atomic E-state index is 13.1. The van der Waals surface area contributed by atoms with Crippen LogP contribution in [0.1, 0.15) is 45.2 Å². The fraction of sp³-hybridized carbons (Fsp3) is 0.529. The molecule has 0 aromatic carbocycles. The number of anilines is 2. The SMILES string of the molecule is CNc1nc2c(c(C(=O)N3CCCC3)n1)CN(c1nc(C(=O)O)nn1C)CC2. The quantitative estimate of drug-likeness (QED) is 0.754. The first-order valence-corrected chi connectivity index (χ1v) is 9.24. The van der Waals surface area contributed by atoms with Crippen LogP contribution in [0, 0.1) is 0 Å². The predicted octanol–water partition coefficient (Wildman–Crippen LogP) is 0.144. The van der Waals surface area contributed by atoms with Gasteiger partial charge in [0.25, 0.3) is 11.7 Å². The molecule has 1 amide bonds. The third-order valence-electron chi connectivity index (χ3n) is 5.09. The second kappa shape index (κ2) is 7.06. The summed E-state index contributed by atoms with van der Waals surface area (Å²) in [7, 11) is 3.38. The van der Waals surface area contributed by atoms with Gasteiger partial charge in [-0.25, -0.2) is 19.4 Å². The molecule has 4 heterocycles. The van der Waals surface area contributed by atoms with Crippen molar-refractivity contribution < 1.29 is 14.7 Å². The molecule has 0 unspecified atom stereocenters. The molecular weight excluding hydrogens is 364 g/mol. The molecule has 11 heteroatoms. The summed E-state index contributed by atoms with van der Waals surface area (Å²) >= 11 is 0. The van der Waals surface area contributed by atoms with E-state index >= 15 is 0 Å². The molecule has 2 aromatic heterocycles. The van der Waals surface area contributed by atoms with E-state index in [2.05, 4.69) is 25.4 Å². The molecule has 0 radical (unpaired) electrons. The number of hydrogen-bond acceptors (Lipinski definition) is 8. The number of aryl methyl sites for hydroxylation is 1. The largest absolute Gasteiger partial charge is 0.475 e. The van der Waals surface area contributed by atoms with Gasteiger partial charge in [0.15, 0.2) is 0 Å². The van der Waals surface area contributed by atoms with Crippen LogP contribution in [0.3, 0.4) is 0 Å². The average Bonchev–Trinajstić information content (AvgIpc) is 3.36. The second-order valence-corrected chi connectivity index (χ2v) is 6.91. The van der Waals surface area contributed by atoms with Crippen molar-refractivity contribution in [2.24, 2.45) is 7.05 Å². The van der Waals surface area contributed by atoms with Gasteiger partial charge in [-0.15, -0.1) is 5.10 Å². The van der Waals surface area contributed by atoms with Crippen molar-refractivity contribution in [3.05, 3.63) is 22.8 Å². The van der Waals surface area contributed by atoms with E-state index < -0.39 is 5.97 Å². The normalized spacial score (nSPS) is 16.2. The number of amides is 1. The summed E-state index contributed by atoms with van der Waals surface area (Å²) in [4.78, 5) is 41.1. The van der Waals surface area contributed by atoms with E-state index in [0.29, 0.717) is 37.1 Å². The Hall–Kier alpha value is -3.24. The Morgan fingerprint density at radius 2 is 1.86 bits per heavy atom. The van der Waals surface area contributed by atoms with E-state index in [4.69, 9.17) is 5.11 Å². The van der Waals surface area contributed by atoms with Gasteiger partial charge in [-0.3, -0.25) is 4.79 Å². The second-order valence-electron chi connectivity index (χ2n) is 6.91. The van der Waals surface area contributed by atoms with Crippen LogP contribution in [0.25, 0.3) is 0 Å². The van der Waals surface area contributed by atoms with Crippen LogP contribution in [0.5, 0.6) is 0 Å². The lowest BCUT2D eigenvalue weighted by Gasteiger charge is -2.30. The molecule has 2 aliphatic heterocycles. The summed E-state index contributed by atoms with van der Waals surface area (Å²) < 4.78 is 1.44. The molecule has 1 fully saturated rings. The Morgan fingerprint density at radius 1 is 1.11 bits per heavy atom. The molecule has 2 aliphatic rings.